The highest BCUT2D eigenvalue weighted by Gasteiger charge is 2.33. The highest BCUT2D eigenvalue weighted by molar-refractivity contribution is 6.30. The molecule has 0 radical (unpaired) electrons. The fourth-order valence-electron chi connectivity index (χ4n) is 4.16. The summed E-state index contributed by atoms with van der Waals surface area (Å²) >= 11 is 5.89. The van der Waals surface area contributed by atoms with Crippen molar-refractivity contribution in [1.82, 2.24) is 15.1 Å². The van der Waals surface area contributed by atoms with Crippen LogP contribution in [0.5, 0.6) is 5.75 Å². The van der Waals surface area contributed by atoms with Gasteiger partial charge in [-0.1, -0.05) is 30.9 Å². The first-order chi connectivity index (χ1) is 13.2. The first-order valence-corrected chi connectivity index (χ1v) is 10.3. The van der Waals surface area contributed by atoms with Crippen LogP contribution >= 0.6 is 11.6 Å². The molecule has 1 atom stereocenters. The van der Waals surface area contributed by atoms with Gasteiger partial charge in [-0.25, -0.2) is 0 Å². The van der Waals surface area contributed by atoms with Gasteiger partial charge >= 0.3 is 0 Å². The molecule has 6 heteroatoms. The molecule has 1 saturated heterocycles. The number of benzene rings is 1. The van der Waals surface area contributed by atoms with Gasteiger partial charge in [-0.15, -0.1) is 0 Å². The monoisotopic (exact) mass is 387 g/mol. The molecule has 1 aromatic carbocycles. The molecule has 4 rings (SSSR count). The van der Waals surface area contributed by atoms with Crippen molar-refractivity contribution in [3.8, 4) is 5.75 Å². The number of carbonyl (C=O) groups excluding carboxylic acids is 1. The summed E-state index contributed by atoms with van der Waals surface area (Å²) in [5, 5.41) is 8.23. The zero-order chi connectivity index (χ0) is 18.6. The van der Waals surface area contributed by atoms with Crippen LogP contribution in [-0.4, -0.2) is 34.1 Å². The Bertz CT molecular complexity index is 768. The molecule has 5 nitrogen and oxygen atoms in total. The zero-order valence-electron chi connectivity index (χ0n) is 15.5. The normalized spacial score (nSPS) is 20.8. The number of carbonyl (C=O) groups is 1. The molecule has 1 amide bonds. The largest absolute Gasteiger partial charge is 0.487 e. The zero-order valence-corrected chi connectivity index (χ0v) is 16.3. The van der Waals surface area contributed by atoms with E-state index in [9.17, 15) is 4.79 Å². The van der Waals surface area contributed by atoms with E-state index in [1.54, 1.807) is 0 Å². The van der Waals surface area contributed by atoms with E-state index in [2.05, 4.69) is 21.2 Å². The molecule has 2 fully saturated rings. The summed E-state index contributed by atoms with van der Waals surface area (Å²) in [5.41, 5.74) is 1.97. The molecule has 1 N–H and O–H groups in total. The van der Waals surface area contributed by atoms with Gasteiger partial charge in [0.15, 0.2) is 0 Å². The van der Waals surface area contributed by atoms with E-state index >= 15 is 0 Å². The number of hydrogen-bond donors (Lipinski definition) is 1. The number of nitrogens with one attached hydrogen (secondary N) is 1. The smallest absolute Gasteiger partial charge is 0.225 e. The fourth-order valence-corrected chi connectivity index (χ4v) is 4.29. The van der Waals surface area contributed by atoms with Gasteiger partial charge in [-0.3, -0.25) is 9.89 Å². The van der Waals surface area contributed by atoms with Crippen LogP contribution in [0.4, 0.5) is 0 Å². The maximum absolute atomic E-state index is 12.7. The Balaban J connectivity index is 1.30. The Morgan fingerprint density at radius 2 is 1.96 bits per heavy atom. The van der Waals surface area contributed by atoms with Gasteiger partial charge in [0.2, 0.25) is 5.91 Å². The molecule has 1 aliphatic carbocycles. The molecular weight excluding hydrogens is 362 g/mol. The van der Waals surface area contributed by atoms with E-state index in [0.717, 1.165) is 49.5 Å². The second-order valence-corrected chi connectivity index (χ2v) is 8.10. The highest BCUT2D eigenvalue weighted by Crippen LogP contribution is 2.31. The van der Waals surface area contributed by atoms with Crippen LogP contribution in [0.2, 0.25) is 5.02 Å². The maximum atomic E-state index is 12.7. The van der Waals surface area contributed by atoms with Crippen molar-refractivity contribution in [3.05, 3.63) is 46.7 Å². The number of hydrogen-bond acceptors (Lipinski definition) is 3. The van der Waals surface area contributed by atoms with Crippen molar-refractivity contribution < 1.29 is 9.53 Å². The Morgan fingerprint density at radius 1 is 1.19 bits per heavy atom. The molecule has 144 valence electrons. The summed E-state index contributed by atoms with van der Waals surface area (Å²) in [4.78, 5) is 14.8. The quantitative estimate of drug-likeness (QED) is 0.819. The third kappa shape index (κ3) is 4.46. The van der Waals surface area contributed by atoms with Crippen LogP contribution in [0.1, 0.15) is 55.8 Å². The number of amides is 1. The molecule has 0 spiro atoms. The summed E-state index contributed by atoms with van der Waals surface area (Å²) < 4.78 is 5.77. The summed E-state index contributed by atoms with van der Waals surface area (Å²) in [6.45, 7) is 2.08. The third-order valence-corrected chi connectivity index (χ3v) is 5.98. The van der Waals surface area contributed by atoms with Gasteiger partial charge in [-0.2, -0.15) is 5.10 Å². The second kappa shape index (κ2) is 8.34. The molecule has 2 aromatic rings. The molecule has 2 heterocycles. The van der Waals surface area contributed by atoms with Gasteiger partial charge in [0.1, 0.15) is 12.4 Å². The van der Waals surface area contributed by atoms with E-state index < -0.39 is 0 Å². The lowest BCUT2D eigenvalue weighted by Gasteiger charge is -2.26. The average Bonchev–Trinajstić information content (AvgIpc) is 3.37. The number of halogens is 1. The van der Waals surface area contributed by atoms with Gasteiger partial charge in [0.25, 0.3) is 0 Å². The fraction of sp³-hybridized carbons (Fsp3) is 0.524. The minimum Gasteiger partial charge on any atom is -0.487 e. The lowest BCUT2D eigenvalue weighted by Crippen LogP contribution is -2.35. The molecule has 2 aliphatic rings. The first kappa shape index (κ1) is 18.4. The minimum absolute atomic E-state index is 0.250. The maximum Gasteiger partial charge on any atom is 0.225 e. The van der Waals surface area contributed by atoms with Gasteiger partial charge in [-0.05, 0) is 49.6 Å². The summed E-state index contributed by atoms with van der Waals surface area (Å²) in [6.07, 6.45) is 6.79. The number of ether oxygens (including phenoxy) is 1. The van der Waals surface area contributed by atoms with Crippen molar-refractivity contribution in [2.75, 3.05) is 13.1 Å². The van der Waals surface area contributed by atoms with E-state index in [1.807, 2.05) is 24.3 Å². The standard InChI is InChI=1S/C21H26ClN3O2/c22-17-6-8-19(9-7-17)27-14-18-12-20(24-23-18)16-10-11-25(13-16)21(26)15-4-2-1-3-5-15/h6-9,12,15-16H,1-5,10-11,13-14H2,(H,23,24)/t16-/m0/s1. The summed E-state index contributed by atoms with van der Waals surface area (Å²) in [5.74, 6) is 1.71. The summed E-state index contributed by atoms with van der Waals surface area (Å²) in [7, 11) is 0. The number of aromatic nitrogens is 2. The van der Waals surface area contributed by atoms with Crippen LogP contribution in [-0.2, 0) is 11.4 Å². The number of H-pyrrole nitrogens is 1. The van der Waals surface area contributed by atoms with Crippen LogP contribution in [0.25, 0.3) is 0 Å². The molecule has 0 unspecified atom stereocenters. The number of aromatic amines is 1. The number of rotatable bonds is 5. The lowest BCUT2D eigenvalue weighted by atomic mass is 9.88. The van der Waals surface area contributed by atoms with Crippen molar-refractivity contribution in [3.63, 3.8) is 0 Å². The van der Waals surface area contributed by atoms with Gasteiger partial charge in [0, 0.05) is 29.9 Å². The van der Waals surface area contributed by atoms with Crippen LogP contribution in [0.15, 0.2) is 30.3 Å². The van der Waals surface area contributed by atoms with Gasteiger partial charge < -0.3 is 9.64 Å². The molecule has 1 aliphatic heterocycles. The number of nitrogens with zero attached hydrogens (tertiary/aromatic N) is 2. The highest BCUT2D eigenvalue weighted by atomic mass is 35.5. The van der Waals surface area contributed by atoms with Crippen molar-refractivity contribution >= 4 is 17.5 Å². The van der Waals surface area contributed by atoms with Crippen LogP contribution < -0.4 is 4.74 Å². The molecule has 1 saturated carbocycles. The van der Waals surface area contributed by atoms with Crippen LogP contribution in [0, 0.1) is 5.92 Å². The summed E-state index contributed by atoms with van der Waals surface area (Å²) in [6, 6.07) is 9.39. The Kier molecular flexibility index (Phi) is 5.67. The Morgan fingerprint density at radius 3 is 2.74 bits per heavy atom. The molecular formula is C21H26ClN3O2. The van der Waals surface area contributed by atoms with E-state index in [4.69, 9.17) is 16.3 Å². The van der Waals surface area contributed by atoms with E-state index in [-0.39, 0.29) is 5.92 Å². The number of likely N-dealkylation sites (tertiary alicyclic amines) is 1. The first-order valence-electron chi connectivity index (χ1n) is 9.90. The van der Waals surface area contributed by atoms with E-state index in [0.29, 0.717) is 23.5 Å². The van der Waals surface area contributed by atoms with Crippen molar-refractivity contribution in [1.29, 1.82) is 0 Å². The van der Waals surface area contributed by atoms with Gasteiger partial charge in [0.05, 0.1) is 11.4 Å². The topological polar surface area (TPSA) is 58.2 Å². The van der Waals surface area contributed by atoms with Crippen LogP contribution in [0.3, 0.4) is 0 Å². The molecule has 1 aromatic heterocycles. The van der Waals surface area contributed by atoms with E-state index in [1.165, 1.54) is 19.3 Å². The second-order valence-electron chi connectivity index (χ2n) is 7.67. The average molecular weight is 388 g/mol. The Labute approximate surface area is 165 Å². The molecule has 0 bridgehead atoms. The predicted octanol–water partition coefficient (Wildman–Crippen LogP) is 4.54. The SMILES string of the molecule is O=C(C1CCCCC1)N1CC[C@H](c2cc(COc3ccc(Cl)cc3)[nH]n2)C1. The van der Waals surface area contributed by atoms with Crippen molar-refractivity contribution in [2.24, 2.45) is 5.92 Å². The predicted molar refractivity (Wildman–Crippen MR) is 105 cm³/mol. The minimum atomic E-state index is 0.250. The third-order valence-electron chi connectivity index (χ3n) is 5.73. The Hall–Kier alpha value is -2.01. The molecule has 27 heavy (non-hydrogen) atoms. The van der Waals surface area contributed by atoms with Crippen molar-refractivity contribution in [2.45, 2.75) is 51.0 Å². The lowest BCUT2D eigenvalue weighted by molar-refractivity contribution is -0.135.